The highest BCUT2D eigenvalue weighted by molar-refractivity contribution is 7.90. The molecule has 0 atom stereocenters. The normalized spacial score (nSPS) is 11.9. The first-order valence-corrected chi connectivity index (χ1v) is 6.09. The van der Waals surface area contributed by atoms with Crippen molar-refractivity contribution in [2.45, 2.75) is 19.8 Å². The Labute approximate surface area is 89.1 Å². The van der Waals surface area contributed by atoms with Crippen LogP contribution in [0.1, 0.15) is 19.8 Å². The minimum Gasteiger partial charge on any atom is -0.245 e. The van der Waals surface area contributed by atoms with Gasteiger partial charge in [0, 0.05) is 13.6 Å². The molecule has 1 aromatic heterocycles. The van der Waals surface area contributed by atoms with E-state index in [1.807, 2.05) is 6.92 Å². The van der Waals surface area contributed by atoms with Gasteiger partial charge in [0.15, 0.2) is 0 Å². The lowest BCUT2D eigenvalue weighted by Crippen LogP contribution is -2.33. The maximum Gasteiger partial charge on any atom is 0.303 e. The highest BCUT2D eigenvalue weighted by atomic mass is 32.2. The van der Waals surface area contributed by atoms with E-state index in [4.69, 9.17) is 0 Å². The molecule has 8 heteroatoms. The van der Waals surface area contributed by atoms with Gasteiger partial charge in [0.1, 0.15) is 6.33 Å². The van der Waals surface area contributed by atoms with E-state index in [0.29, 0.717) is 6.54 Å². The van der Waals surface area contributed by atoms with E-state index in [2.05, 4.69) is 19.9 Å². The first kappa shape index (κ1) is 11.9. The lowest BCUT2D eigenvalue weighted by molar-refractivity contribution is 0.463. The topological polar surface area (TPSA) is 91.0 Å². The van der Waals surface area contributed by atoms with E-state index in [1.54, 1.807) is 0 Å². The Morgan fingerprint density at radius 3 is 2.87 bits per heavy atom. The van der Waals surface area contributed by atoms with Gasteiger partial charge < -0.3 is 0 Å². The summed E-state index contributed by atoms with van der Waals surface area (Å²) in [6.07, 6.45) is 3.01. The predicted octanol–water partition coefficient (Wildman–Crippen LogP) is 0.193. The molecule has 1 rings (SSSR count). The van der Waals surface area contributed by atoms with Gasteiger partial charge in [-0.05, 0) is 6.42 Å². The molecule has 15 heavy (non-hydrogen) atoms. The zero-order valence-electron chi connectivity index (χ0n) is 8.77. The van der Waals surface area contributed by atoms with Crippen LogP contribution in [0, 0.1) is 0 Å². The summed E-state index contributed by atoms with van der Waals surface area (Å²) in [5.41, 5.74) is 0. The van der Waals surface area contributed by atoms with Crippen molar-refractivity contribution in [2.75, 3.05) is 18.3 Å². The Morgan fingerprint density at radius 2 is 2.33 bits per heavy atom. The second-order valence-electron chi connectivity index (χ2n) is 3.12. The average Bonchev–Trinajstić information content (AvgIpc) is 2.65. The Kier molecular flexibility index (Phi) is 4.04. The summed E-state index contributed by atoms with van der Waals surface area (Å²) in [6, 6.07) is 0. The number of aromatic nitrogens is 3. The number of H-pyrrole nitrogens is 1. The molecular formula is C7H15N5O2S. The van der Waals surface area contributed by atoms with Crippen molar-refractivity contribution in [1.82, 2.24) is 19.5 Å². The summed E-state index contributed by atoms with van der Waals surface area (Å²) in [6.45, 7) is 2.49. The van der Waals surface area contributed by atoms with Gasteiger partial charge in [0.25, 0.3) is 0 Å². The molecule has 0 amide bonds. The molecule has 0 aliphatic carbocycles. The van der Waals surface area contributed by atoms with Crippen LogP contribution in [0.4, 0.5) is 5.95 Å². The van der Waals surface area contributed by atoms with Crippen LogP contribution in [0.2, 0.25) is 0 Å². The lowest BCUT2D eigenvalue weighted by Gasteiger charge is -2.16. The quantitative estimate of drug-likeness (QED) is 0.734. The highest BCUT2D eigenvalue weighted by Crippen LogP contribution is 2.04. The van der Waals surface area contributed by atoms with Crippen LogP contribution in [0.25, 0.3) is 0 Å². The van der Waals surface area contributed by atoms with E-state index >= 15 is 0 Å². The fraction of sp³-hybridized carbons (Fsp3) is 0.714. The van der Waals surface area contributed by atoms with Crippen molar-refractivity contribution in [3.05, 3.63) is 6.33 Å². The summed E-state index contributed by atoms with van der Waals surface area (Å²) < 4.78 is 26.8. The molecular weight excluding hydrogens is 218 g/mol. The third-order valence-corrected chi connectivity index (χ3v) is 3.33. The summed E-state index contributed by atoms with van der Waals surface area (Å²) in [5.74, 6) is 0.123. The molecule has 0 bridgehead atoms. The molecule has 1 heterocycles. The molecule has 0 saturated carbocycles. The van der Waals surface area contributed by atoms with Gasteiger partial charge in [-0.1, -0.05) is 13.3 Å². The third kappa shape index (κ3) is 3.48. The molecule has 86 valence electrons. The van der Waals surface area contributed by atoms with Crippen molar-refractivity contribution >= 4 is 16.2 Å². The standard InChI is InChI=1S/C7H15N5O2S/c1-3-4-5-12(2)15(13,14)11-7-8-6-9-10-7/h6H,3-5H2,1-2H3,(H2,8,9,10,11). The third-order valence-electron chi connectivity index (χ3n) is 1.88. The summed E-state index contributed by atoms with van der Waals surface area (Å²) in [5, 5.41) is 5.97. The van der Waals surface area contributed by atoms with Crippen molar-refractivity contribution in [3.63, 3.8) is 0 Å². The minimum atomic E-state index is -3.51. The number of nitrogens with one attached hydrogen (secondary N) is 2. The van der Waals surface area contributed by atoms with Gasteiger partial charge in [-0.15, -0.1) is 0 Å². The van der Waals surface area contributed by atoms with E-state index in [0.717, 1.165) is 12.8 Å². The lowest BCUT2D eigenvalue weighted by atomic mass is 10.3. The Morgan fingerprint density at radius 1 is 1.60 bits per heavy atom. The van der Waals surface area contributed by atoms with Crippen molar-refractivity contribution in [1.29, 1.82) is 0 Å². The van der Waals surface area contributed by atoms with Gasteiger partial charge in [0.2, 0.25) is 5.95 Å². The van der Waals surface area contributed by atoms with Crippen molar-refractivity contribution < 1.29 is 8.42 Å². The number of hydrogen-bond acceptors (Lipinski definition) is 4. The fourth-order valence-corrected chi connectivity index (χ4v) is 1.82. The molecule has 1 aromatic rings. The second-order valence-corrected chi connectivity index (χ2v) is 4.89. The molecule has 0 aliphatic heterocycles. The molecule has 0 unspecified atom stereocenters. The predicted molar refractivity (Wildman–Crippen MR) is 56.5 cm³/mol. The first-order valence-electron chi connectivity index (χ1n) is 4.65. The number of hydrogen-bond donors (Lipinski definition) is 2. The van der Waals surface area contributed by atoms with Crippen LogP contribution >= 0.6 is 0 Å². The van der Waals surface area contributed by atoms with E-state index < -0.39 is 10.2 Å². The largest absolute Gasteiger partial charge is 0.303 e. The highest BCUT2D eigenvalue weighted by Gasteiger charge is 2.17. The maximum atomic E-state index is 11.6. The van der Waals surface area contributed by atoms with Crippen LogP contribution in [0.5, 0.6) is 0 Å². The SMILES string of the molecule is CCCCN(C)S(=O)(=O)Nc1ncn[nH]1. The molecule has 0 fully saturated rings. The Bertz CT molecular complexity index is 374. The number of anilines is 1. The van der Waals surface area contributed by atoms with Gasteiger partial charge in [-0.2, -0.15) is 22.8 Å². The van der Waals surface area contributed by atoms with Crippen LogP contribution in [0.15, 0.2) is 6.33 Å². The Balaban J connectivity index is 2.59. The number of unbranched alkanes of at least 4 members (excludes halogenated alkanes) is 1. The van der Waals surface area contributed by atoms with Gasteiger partial charge >= 0.3 is 10.2 Å². The zero-order chi connectivity index (χ0) is 11.3. The summed E-state index contributed by atoms with van der Waals surface area (Å²) >= 11 is 0. The zero-order valence-corrected chi connectivity index (χ0v) is 9.58. The minimum absolute atomic E-state index is 0.123. The molecule has 7 nitrogen and oxygen atoms in total. The van der Waals surface area contributed by atoms with Crippen LogP contribution in [-0.4, -0.2) is 41.5 Å². The average molecular weight is 233 g/mol. The van der Waals surface area contributed by atoms with Crippen molar-refractivity contribution in [2.24, 2.45) is 0 Å². The number of aromatic amines is 1. The number of nitrogens with zero attached hydrogens (tertiary/aromatic N) is 3. The monoisotopic (exact) mass is 233 g/mol. The van der Waals surface area contributed by atoms with Crippen LogP contribution < -0.4 is 4.72 Å². The summed E-state index contributed by atoms with van der Waals surface area (Å²) in [7, 11) is -1.98. The van der Waals surface area contributed by atoms with Crippen LogP contribution in [-0.2, 0) is 10.2 Å². The maximum absolute atomic E-state index is 11.6. The number of rotatable bonds is 6. The smallest absolute Gasteiger partial charge is 0.245 e. The Hall–Kier alpha value is -1.15. The van der Waals surface area contributed by atoms with Gasteiger partial charge in [-0.3, -0.25) is 0 Å². The van der Waals surface area contributed by atoms with Gasteiger partial charge in [0.05, 0.1) is 0 Å². The van der Waals surface area contributed by atoms with E-state index in [9.17, 15) is 8.42 Å². The molecule has 2 N–H and O–H groups in total. The molecule has 0 radical (unpaired) electrons. The molecule has 0 saturated heterocycles. The van der Waals surface area contributed by atoms with Gasteiger partial charge in [-0.25, -0.2) is 9.82 Å². The van der Waals surface area contributed by atoms with Crippen LogP contribution in [0.3, 0.4) is 0 Å². The fourth-order valence-electron chi connectivity index (χ4n) is 0.956. The molecule has 0 spiro atoms. The first-order chi connectivity index (χ1) is 7.06. The van der Waals surface area contributed by atoms with Crippen molar-refractivity contribution in [3.8, 4) is 0 Å². The molecule has 0 aromatic carbocycles. The second kappa shape index (κ2) is 5.08. The summed E-state index contributed by atoms with van der Waals surface area (Å²) in [4.78, 5) is 3.68. The van der Waals surface area contributed by atoms with E-state index in [-0.39, 0.29) is 5.95 Å². The molecule has 0 aliphatic rings. The van der Waals surface area contributed by atoms with E-state index in [1.165, 1.54) is 17.7 Å².